The van der Waals surface area contributed by atoms with Crippen LogP contribution in [0.15, 0.2) is 36.7 Å². The Morgan fingerprint density at radius 2 is 2.07 bits per heavy atom. The van der Waals surface area contributed by atoms with E-state index < -0.39 is 0 Å². The van der Waals surface area contributed by atoms with E-state index in [9.17, 15) is 4.79 Å². The summed E-state index contributed by atoms with van der Waals surface area (Å²) in [5, 5.41) is 11.6. The van der Waals surface area contributed by atoms with E-state index >= 15 is 0 Å². The van der Waals surface area contributed by atoms with E-state index in [0.717, 1.165) is 36.7 Å². The van der Waals surface area contributed by atoms with Crippen molar-refractivity contribution in [2.45, 2.75) is 39.2 Å². The number of carbonyl (C=O) groups is 1. The minimum atomic E-state index is -0.169. The Morgan fingerprint density at radius 1 is 1.22 bits per heavy atom. The molecule has 1 saturated heterocycles. The zero-order chi connectivity index (χ0) is 19.0. The highest BCUT2D eigenvalue weighted by atomic mass is 16.1. The van der Waals surface area contributed by atoms with Crippen LogP contribution in [-0.2, 0) is 0 Å². The lowest BCUT2D eigenvalue weighted by Crippen LogP contribution is -2.28. The molecule has 7 heteroatoms. The minimum Gasteiger partial charge on any atom is -0.321 e. The van der Waals surface area contributed by atoms with Crippen LogP contribution in [0.25, 0.3) is 5.65 Å². The third kappa shape index (κ3) is 3.55. The van der Waals surface area contributed by atoms with Crippen LogP contribution in [0.5, 0.6) is 0 Å². The fraction of sp³-hybridized carbons (Fsp3) is 0.400. The second kappa shape index (κ2) is 7.08. The van der Waals surface area contributed by atoms with Gasteiger partial charge in [-0.05, 0) is 58.0 Å². The second-order valence-electron chi connectivity index (χ2n) is 7.42. The molecule has 3 aromatic heterocycles. The summed E-state index contributed by atoms with van der Waals surface area (Å²) in [5.41, 5.74) is 2.93. The molecule has 1 aliphatic rings. The van der Waals surface area contributed by atoms with Gasteiger partial charge in [0, 0.05) is 30.4 Å². The molecule has 0 spiro atoms. The van der Waals surface area contributed by atoms with Gasteiger partial charge in [0.05, 0.1) is 17.4 Å². The molecule has 0 bridgehead atoms. The van der Waals surface area contributed by atoms with Gasteiger partial charge in [-0.3, -0.25) is 14.2 Å². The van der Waals surface area contributed by atoms with Crippen LogP contribution in [0, 0.1) is 6.92 Å². The summed E-state index contributed by atoms with van der Waals surface area (Å²) >= 11 is 0. The first-order chi connectivity index (χ1) is 13.0. The molecular weight excluding hydrogens is 340 g/mol. The average Bonchev–Trinajstić information content (AvgIpc) is 3.29. The number of fused-ring (bicyclic) bond motifs is 1. The maximum Gasteiger partial charge on any atom is 0.257 e. The molecule has 4 heterocycles. The Morgan fingerprint density at radius 3 is 2.78 bits per heavy atom. The summed E-state index contributed by atoms with van der Waals surface area (Å²) in [6.45, 7) is 8.39. The van der Waals surface area contributed by atoms with Gasteiger partial charge in [-0.2, -0.15) is 0 Å². The van der Waals surface area contributed by atoms with Gasteiger partial charge in [0.25, 0.3) is 5.91 Å². The van der Waals surface area contributed by atoms with Gasteiger partial charge in [-0.1, -0.05) is 0 Å². The van der Waals surface area contributed by atoms with Gasteiger partial charge in [0.2, 0.25) is 0 Å². The Bertz CT molecular complexity index is 962. The lowest BCUT2D eigenvalue weighted by Gasteiger charge is -2.19. The molecule has 1 fully saturated rings. The number of likely N-dealkylation sites (tertiary alicyclic amines) is 1. The van der Waals surface area contributed by atoms with Crippen molar-refractivity contribution in [3.05, 3.63) is 53.7 Å². The molecule has 0 saturated carbocycles. The number of nitrogens with zero attached hydrogens (tertiary/aromatic N) is 5. The van der Waals surface area contributed by atoms with Crippen LogP contribution >= 0.6 is 0 Å². The van der Waals surface area contributed by atoms with E-state index in [4.69, 9.17) is 0 Å². The summed E-state index contributed by atoms with van der Waals surface area (Å²) in [7, 11) is 0. The number of carbonyl (C=O) groups excluding carboxylic acids is 1. The number of hydrogen-bond acceptors (Lipinski definition) is 5. The van der Waals surface area contributed by atoms with Gasteiger partial charge in [-0.25, -0.2) is 0 Å². The molecule has 27 heavy (non-hydrogen) atoms. The van der Waals surface area contributed by atoms with Crippen LogP contribution in [0.2, 0.25) is 0 Å². The standard InChI is InChI=1S/C20H24N6O/c1-13(2)25-9-8-15(11-25)19-24-23-18-7-5-16(12-26(18)19)20(27)22-17-6-4-14(3)21-10-17/h4-7,10,12-13,15H,8-9,11H2,1-3H3,(H,22,27)/t15-/m1/s1. The largest absolute Gasteiger partial charge is 0.321 e. The molecule has 0 aromatic carbocycles. The third-order valence-corrected chi connectivity index (χ3v) is 5.18. The normalized spacial score (nSPS) is 17.7. The number of nitrogens with one attached hydrogen (secondary N) is 1. The first-order valence-electron chi connectivity index (χ1n) is 9.34. The monoisotopic (exact) mass is 364 g/mol. The molecule has 0 unspecified atom stereocenters. The molecule has 7 nitrogen and oxygen atoms in total. The highest BCUT2D eigenvalue weighted by molar-refractivity contribution is 6.04. The van der Waals surface area contributed by atoms with Gasteiger partial charge in [0.1, 0.15) is 5.82 Å². The van der Waals surface area contributed by atoms with E-state index in [1.165, 1.54) is 0 Å². The zero-order valence-corrected chi connectivity index (χ0v) is 15.9. The summed E-state index contributed by atoms with van der Waals surface area (Å²) in [6.07, 6.45) is 4.55. The van der Waals surface area contributed by atoms with E-state index in [1.807, 2.05) is 35.7 Å². The van der Waals surface area contributed by atoms with Crippen molar-refractivity contribution in [3.63, 3.8) is 0 Å². The van der Waals surface area contributed by atoms with Crippen molar-refractivity contribution in [2.75, 3.05) is 18.4 Å². The van der Waals surface area contributed by atoms with Crippen LogP contribution in [0.3, 0.4) is 0 Å². The topological polar surface area (TPSA) is 75.4 Å². The third-order valence-electron chi connectivity index (χ3n) is 5.18. The number of hydrogen-bond donors (Lipinski definition) is 1. The average molecular weight is 364 g/mol. The quantitative estimate of drug-likeness (QED) is 0.770. The highest BCUT2D eigenvalue weighted by Crippen LogP contribution is 2.27. The van der Waals surface area contributed by atoms with E-state index in [1.54, 1.807) is 12.3 Å². The number of pyridine rings is 2. The van der Waals surface area contributed by atoms with Crippen LogP contribution < -0.4 is 5.32 Å². The Hall–Kier alpha value is -2.80. The van der Waals surface area contributed by atoms with Crippen molar-refractivity contribution >= 4 is 17.2 Å². The smallest absolute Gasteiger partial charge is 0.257 e. The zero-order valence-electron chi connectivity index (χ0n) is 15.9. The van der Waals surface area contributed by atoms with E-state index in [-0.39, 0.29) is 5.91 Å². The van der Waals surface area contributed by atoms with Crippen molar-refractivity contribution in [1.82, 2.24) is 24.5 Å². The molecule has 1 atom stereocenters. The van der Waals surface area contributed by atoms with Crippen molar-refractivity contribution < 1.29 is 4.79 Å². The predicted octanol–water partition coefficient (Wildman–Crippen LogP) is 2.88. The van der Waals surface area contributed by atoms with Crippen LogP contribution in [-0.4, -0.2) is 49.5 Å². The van der Waals surface area contributed by atoms with Gasteiger partial charge < -0.3 is 10.2 Å². The Labute approximate surface area is 158 Å². The number of aromatic nitrogens is 4. The number of rotatable bonds is 4. The van der Waals surface area contributed by atoms with Gasteiger partial charge in [0.15, 0.2) is 5.65 Å². The molecule has 3 aromatic rings. The Balaban J connectivity index is 1.58. The lowest BCUT2D eigenvalue weighted by atomic mass is 10.1. The Kier molecular flexibility index (Phi) is 4.61. The summed E-state index contributed by atoms with van der Waals surface area (Å²) in [6, 6.07) is 7.87. The molecule has 1 amide bonds. The fourth-order valence-corrected chi connectivity index (χ4v) is 3.53. The minimum absolute atomic E-state index is 0.169. The molecule has 4 rings (SSSR count). The molecule has 1 aliphatic heterocycles. The second-order valence-corrected chi connectivity index (χ2v) is 7.42. The van der Waals surface area contributed by atoms with Crippen molar-refractivity contribution in [1.29, 1.82) is 0 Å². The summed E-state index contributed by atoms with van der Waals surface area (Å²) in [5.74, 6) is 1.10. The molecule has 0 aliphatic carbocycles. The first-order valence-corrected chi connectivity index (χ1v) is 9.34. The van der Waals surface area contributed by atoms with Crippen LogP contribution in [0.4, 0.5) is 5.69 Å². The maximum absolute atomic E-state index is 12.6. The fourth-order valence-electron chi connectivity index (χ4n) is 3.53. The predicted molar refractivity (Wildman–Crippen MR) is 104 cm³/mol. The molecular formula is C20H24N6O. The van der Waals surface area contributed by atoms with Gasteiger partial charge in [-0.15, -0.1) is 10.2 Å². The molecule has 140 valence electrons. The van der Waals surface area contributed by atoms with E-state index in [0.29, 0.717) is 23.2 Å². The summed E-state index contributed by atoms with van der Waals surface area (Å²) in [4.78, 5) is 19.3. The highest BCUT2D eigenvalue weighted by Gasteiger charge is 2.29. The number of amides is 1. The molecule has 1 N–H and O–H groups in total. The lowest BCUT2D eigenvalue weighted by molar-refractivity contribution is 0.102. The van der Waals surface area contributed by atoms with Crippen molar-refractivity contribution in [3.8, 4) is 0 Å². The maximum atomic E-state index is 12.6. The number of anilines is 1. The number of aryl methyl sites for hydroxylation is 1. The SMILES string of the molecule is Cc1ccc(NC(=O)c2ccc3nnc([C@@H]4CCN(C(C)C)C4)n3c2)cn1. The summed E-state index contributed by atoms with van der Waals surface area (Å²) < 4.78 is 1.96. The van der Waals surface area contributed by atoms with Gasteiger partial charge >= 0.3 is 0 Å². The van der Waals surface area contributed by atoms with E-state index in [2.05, 4.69) is 39.2 Å². The van der Waals surface area contributed by atoms with Crippen molar-refractivity contribution in [2.24, 2.45) is 0 Å². The van der Waals surface area contributed by atoms with Crippen LogP contribution in [0.1, 0.15) is 48.1 Å². The molecule has 0 radical (unpaired) electrons. The first kappa shape index (κ1) is 17.6.